The molecule has 4 nitrogen and oxygen atoms in total. The van der Waals surface area contributed by atoms with Crippen LogP contribution in [0.3, 0.4) is 0 Å². The van der Waals surface area contributed by atoms with E-state index < -0.39 is 0 Å². The molecule has 0 aliphatic heterocycles. The predicted octanol–water partition coefficient (Wildman–Crippen LogP) is 3.23. The van der Waals surface area contributed by atoms with Crippen LogP contribution in [0.4, 0.5) is 0 Å². The summed E-state index contributed by atoms with van der Waals surface area (Å²) in [5.41, 5.74) is 5.23. The SMILES string of the molecule is Cc1cnc2c(c1)nc(CCl)n2Cc1ccncc1C. The Bertz CT molecular complexity index is 764. The number of rotatable bonds is 3. The predicted molar refractivity (Wildman–Crippen MR) is 79.9 cm³/mol. The smallest absolute Gasteiger partial charge is 0.160 e. The highest BCUT2D eigenvalue weighted by molar-refractivity contribution is 6.16. The van der Waals surface area contributed by atoms with E-state index in [9.17, 15) is 0 Å². The number of fused-ring (bicyclic) bond motifs is 1. The third kappa shape index (κ3) is 2.27. The first-order valence-corrected chi connectivity index (χ1v) is 6.99. The van der Waals surface area contributed by atoms with Crippen molar-refractivity contribution >= 4 is 22.8 Å². The number of aryl methyl sites for hydroxylation is 2. The monoisotopic (exact) mass is 286 g/mol. The summed E-state index contributed by atoms with van der Waals surface area (Å²) in [6.07, 6.45) is 5.53. The van der Waals surface area contributed by atoms with Crippen molar-refractivity contribution in [3.05, 3.63) is 53.2 Å². The zero-order valence-electron chi connectivity index (χ0n) is 11.5. The highest BCUT2D eigenvalue weighted by atomic mass is 35.5. The zero-order valence-corrected chi connectivity index (χ0v) is 12.2. The minimum atomic E-state index is 0.375. The van der Waals surface area contributed by atoms with Gasteiger partial charge in [-0.15, -0.1) is 11.6 Å². The highest BCUT2D eigenvalue weighted by Crippen LogP contribution is 2.19. The molecular weight excluding hydrogens is 272 g/mol. The minimum Gasteiger partial charge on any atom is -0.307 e. The molecule has 0 saturated heterocycles. The highest BCUT2D eigenvalue weighted by Gasteiger charge is 2.12. The second-order valence-electron chi connectivity index (χ2n) is 4.91. The van der Waals surface area contributed by atoms with Crippen molar-refractivity contribution in [2.75, 3.05) is 0 Å². The Labute approximate surface area is 122 Å². The summed E-state index contributed by atoms with van der Waals surface area (Å²) < 4.78 is 2.07. The van der Waals surface area contributed by atoms with Gasteiger partial charge >= 0.3 is 0 Å². The van der Waals surface area contributed by atoms with E-state index >= 15 is 0 Å². The van der Waals surface area contributed by atoms with Crippen molar-refractivity contribution in [1.82, 2.24) is 19.5 Å². The molecule has 0 amide bonds. The van der Waals surface area contributed by atoms with Gasteiger partial charge in [0.1, 0.15) is 11.3 Å². The normalized spacial score (nSPS) is 11.2. The van der Waals surface area contributed by atoms with Gasteiger partial charge in [-0.25, -0.2) is 9.97 Å². The Morgan fingerprint density at radius 3 is 2.85 bits per heavy atom. The molecule has 3 aromatic rings. The molecule has 0 N–H and O–H groups in total. The van der Waals surface area contributed by atoms with E-state index in [0.717, 1.165) is 28.1 Å². The van der Waals surface area contributed by atoms with Crippen LogP contribution in [-0.2, 0) is 12.4 Å². The Kier molecular flexibility index (Phi) is 3.40. The quantitative estimate of drug-likeness (QED) is 0.694. The van der Waals surface area contributed by atoms with Gasteiger partial charge in [0.2, 0.25) is 0 Å². The standard InChI is InChI=1S/C15H15ClN4/c1-10-5-13-15(18-7-10)20(14(6-16)19-13)9-12-3-4-17-8-11(12)2/h3-5,7-8H,6,9H2,1-2H3. The summed E-state index contributed by atoms with van der Waals surface area (Å²) in [7, 11) is 0. The second kappa shape index (κ2) is 5.21. The van der Waals surface area contributed by atoms with Gasteiger partial charge in [0.15, 0.2) is 5.65 Å². The van der Waals surface area contributed by atoms with Crippen molar-refractivity contribution in [2.24, 2.45) is 0 Å². The van der Waals surface area contributed by atoms with Crippen LogP contribution < -0.4 is 0 Å². The molecule has 0 bridgehead atoms. The van der Waals surface area contributed by atoms with Gasteiger partial charge in [0.25, 0.3) is 0 Å². The fraction of sp³-hybridized carbons (Fsp3) is 0.267. The Hall–Kier alpha value is -1.94. The summed E-state index contributed by atoms with van der Waals surface area (Å²) in [6.45, 7) is 4.78. The van der Waals surface area contributed by atoms with Gasteiger partial charge in [-0.3, -0.25) is 4.98 Å². The first-order valence-electron chi connectivity index (χ1n) is 6.46. The summed E-state index contributed by atoms with van der Waals surface area (Å²) in [4.78, 5) is 13.2. The van der Waals surface area contributed by atoms with Crippen LogP contribution in [0.5, 0.6) is 0 Å². The molecule has 0 radical (unpaired) electrons. The van der Waals surface area contributed by atoms with E-state index in [-0.39, 0.29) is 0 Å². The van der Waals surface area contributed by atoms with E-state index in [2.05, 4.69) is 26.4 Å². The first kappa shape index (κ1) is 13.1. The lowest BCUT2D eigenvalue weighted by Gasteiger charge is -2.09. The number of hydrogen-bond acceptors (Lipinski definition) is 3. The topological polar surface area (TPSA) is 43.6 Å². The average Bonchev–Trinajstić information content (AvgIpc) is 2.78. The maximum atomic E-state index is 6.03. The molecule has 0 atom stereocenters. The third-order valence-electron chi connectivity index (χ3n) is 3.39. The number of alkyl halides is 1. The molecule has 3 rings (SSSR count). The van der Waals surface area contributed by atoms with Crippen LogP contribution in [0.1, 0.15) is 22.5 Å². The number of aromatic nitrogens is 4. The molecule has 5 heteroatoms. The number of halogens is 1. The molecule has 0 unspecified atom stereocenters. The summed E-state index contributed by atoms with van der Waals surface area (Å²) in [6, 6.07) is 4.06. The van der Waals surface area contributed by atoms with Crippen LogP contribution in [-0.4, -0.2) is 19.5 Å². The fourth-order valence-corrected chi connectivity index (χ4v) is 2.48. The molecule has 0 aliphatic carbocycles. The largest absolute Gasteiger partial charge is 0.307 e. The number of nitrogens with zero attached hydrogens (tertiary/aromatic N) is 4. The maximum absolute atomic E-state index is 6.03. The number of hydrogen-bond donors (Lipinski definition) is 0. The number of pyridine rings is 2. The van der Waals surface area contributed by atoms with Gasteiger partial charge in [0, 0.05) is 18.6 Å². The third-order valence-corrected chi connectivity index (χ3v) is 3.62. The molecule has 0 aliphatic rings. The summed E-state index contributed by atoms with van der Waals surface area (Å²) in [5, 5.41) is 0. The average molecular weight is 287 g/mol. The number of imidazole rings is 1. The molecule has 0 saturated carbocycles. The molecule has 102 valence electrons. The lowest BCUT2D eigenvalue weighted by Crippen LogP contribution is -2.06. The van der Waals surface area contributed by atoms with E-state index in [1.807, 2.05) is 31.5 Å². The lowest BCUT2D eigenvalue weighted by molar-refractivity contribution is 0.764. The van der Waals surface area contributed by atoms with Crippen LogP contribution >= 0.6 is 11.6 Å². The molecule has 3 aromatic heterocycles. The molecule has 0 spiro atoms. The van der Waals surface area contributed by atoms with Crippen LogP contribution in [0.25, 0.3) is 11.2 Å². The van der Waals surface area contributed by atoms with E-state index in [0.29, 0.717) is 12.4 Å². The van der Waals surface area contributed by atoms with Crippen molar-refractivity contribution in [3.8, 4) is 0 Å². The first-order chi connectivity index (χ1) is 9.69. The van der Waals surface area contributed by atoms with Crippen LogP contribution in [0, 0.1) is 13.8 Å². The van der Waals surface area contributed by atoms with Crippen molar-refractivity contribution in [3.63, 3.8) is 0 Å². The van der Waals surface area contributed by atoms with Gasteiger partial charge in [-0.05, 0) is 42.7 Å². The second-order valence-corrected chi connectivity index (χ2v) is 5.17. The van der Waals surface area contributed by atoms with Gasteiger partial charge in [0.05, 0.1) is 12.4 Å². The molecule has 20 heavy (non-hydrogen) atoms. The maximum Gasteiger partial charge on any atom is 0.160 e. The Balaban J connectivity index is 2.12. The van der Waals surface area contributed by atoms with Crippen LogP contribution in [0.15, 0.2) is 30.7 Å². The van der Waals surface area contributed by atoms with Crippen molar-refractivity contribution in [2.45, 2.75) is 26.3 Å². The van der Waals surface area contributed by atoms with E-state index in [4.69, 9.17) is 11.6 Å². The van der Waals surface area contributed by atoms with Gasteiger partial charge in [-0.2, -0.15) is 0 Å². The van der Waals surface area contributed by atoms with Gasteiger partial charge < -0.3 is 4.57 Å². The van der Waals surface area contributed by atoms with E-state index in [1.165, 1.54) is 5.56 Å². The Morgan fingerprint density at radius 1 is 1.25 bits per heavy atom. The van der Waals surface area contributed by atoms with Gasteiger partial charge in [-0.1, -0.05) is 0 Å². The van der Waals surface area contributed by atoms with Crippen LogP contribution in [0.2, 0.25) is 0 Å². The zero-order chi connectivity index (χ0) is 14.1. The minimum absolute atomic E-state index is 0.375. The molecular formula is C15H15ClN4. The molecule has 3 heterocycles. The summed E-state index contributed by atoms with van der Waals surface area (Å²) >= 11 is 6.03. The van der Waals surface area contributed by atoms with E-state index in [1.54, 1.807) is 6.20 Å². The Morgan fingerprint density at radius 2 is 2.10 bits per heavy atom. The lowest BCUT2D eigenvalue weighted by atomic mass is 10.1. The van der Waals surface area contributed by atoms with Crippen molar-refractivity contribution in [1.29, 1.82) is 0 Å². The molecule has 0 aromatic carbocycles. The summed E-state index contributed by atoms with van der Waals surface area (Å²) in [5.74, 6) is 1.22. The molecule has 0 fully saturated rings. The van der Waals surface area contributed by atoms with Crippen molar-refractivity contribution < 1.29 is 0 Å². The fourth-order valence-electron chi connectivity index (χ4n) is 2.28.